The zero-order valence-electron chi connectivity index (χ0n) is 13.4. The molecule has 0 aliphatic rings. The summed E-state index contributed by atoms with van der Waals surface area (Å²) < 4.78 is 7.32. The van der Waals surface area contributed by atoms with Gasteiger partial charge in [-0.25, -0.2) is 14.8 Å². The van der Waals surface area contributed by atoms with Crippen LogP contribution in [-0.2, 0) is 11.3 Å². The van der Waals surface area contributed by atoms with Gasteiger partial charge in [0.15, 0.2) is 0 Å². The van der Waals surface area contributed by atoms with E-state index in [-0.39, 0.29) is 6.61 Å². The number of halogens is 1. The van der Waals surface area contributed by atoms with Crippen molar-refractivity contribution in [2.75, 3.05) is 0 Å². The van der Waals surface area contributed by atoms with E-state index in [1.807, 2.05) is 41.9 Å². The second-order valence-electron chi connectivity index (χ2n) is 5.77. The van der Waals surface area contributed by atoms with Gasteiger partial charge in [0.25, 0.3) is 0 Å². The summed E-state index contributed by atoms with van der Waals surface area (Å²) in [7, 11) is 0. The fourth-order valence-corrected chi connectivity index (χ4v) is 2.88. The Morgan fingerprint density at radius 2 is 2.08 bits per heavy atom. The predicted molar refractivity (Wildman–Crippen MR) is 95.8 cm³/mol. The fraction of sp³-hybridized carbons (Fsp3) is 0.105. The normalized spacial score (nSPS) is 11.1. The van der Waals surface area contributed by atoms with E-state index in [9.17, 15) is 4.79 Å². The Bertz CT molecular complexity index is 1100. The lowest BCUT2D eigenvalue weighted by atomic mass is 10.1. The lowest BCUT2D eigenvalue weighted by molar-refractivity contribution is 0.0468. The summed E-state index contributed by atoms with van der Waals surface area (Å²) in [4.78, 5) is 21.0. The van der Waals surface area contributed by atoms with Gasteiger partial charge in [0.1, 0.15) is 17.4 Å². The number of fused-ring (bicyclic) bond motifs is 2. The van der Waals surface area contributed by atoms with Gasteiger partial charge in [0.2, 0.25) is 0 Å². The van der Waals surface area contributed by atoms with Crippen molar-refractivity contribution < 1.29 is 9.53 Å². The van der Waals surface area contributed by atoms with Crippen LogP contribution in [0.15, 0.2) is 54.9 Å². The Morgan fingerprint density at radius 3 is 2.92 bits per heavy atom. The number of aryl methyl sites for hydroxylation is 1. The third-order valence-corrected chi connectivity index (χ3v) is 4.18. The highest BCUT2D eigenvalue weighted by Gasteiger charge is 2.11. The first-order chi connectivity index (χ1) is 12.1. The molecule has 4 aromatic rings. The molecule has 1 aromatic carbocycles. The van der Waals surface area contributed by atoms with E-state index in [2.05, 4.69) is 9.97 Å². The Labute approximate surface area is 148 Å². The smallest absolute Gasteiger partial charge is 0.338 e. The molecule has 124 valence electrons. The quantitative estimate of drug-likeness (QED) is 0.410. The van der Waals surface area contributed by atoms with Crippen LogP contribution >= 0.6 is 11.6 Å². The number of hydrogen-bond acceptors (Lipinski definition) is 4. The fourth-order valence-electron chi connectivity index (χ4n) is 2.72. The molecule has 0 fully saturated rings. The van der Waals surface area contributed by atoms with Gasteiger partial charge in [-0.2, -0.15) is 0 Å². The van der Waals surface area contributed by atoms with Crippen molar-refractivity contribution in [1.29, 1.82) is 0 Å². The molecule has 3 aromatic heterocycles. The number of pyridine rings is 2. The summed E-state index contributed by atoms with van der Waals surface area (Å²) in [6.07, 6.45) is 3.78. The standard InChI is InChI=1S/C19H14ClN3O2/c1-12-3-2-8-23-10-15(21-18(12)23)11-25-19(24)14-4-6-16-13(9-14)5-7-17(20)22-16/h2-10H,11H2,1H3. The largest absolute Gasteiger partial charge is 0.456 e. The van der Waals surface area contributed by atoms with E-state index in [1.165, 1.54) is 0 Å². The number of carbonyl (C=O) groups is 1. The molecule has 0 saturated heterocycles. The second-order valence-corrected chi connectivity index (χ2v) is 6.16. The van der Waals surface area contributed by atoms with Crippen molar-refractivity contribution in [3.8, 4) is 0 Å². The monoisotopic (exact) mass is 351 g/mol. The van der Waals surface area contributed by atoms with Crippen LogP contribution in [0.3, 0.4) is 0 Å². The van der Waals surface area contributed by atoms with E-state index >= 15 is 0 Å². The first kappa shape index (κ1) is 15.6. The SMILES string of the molecule is Cc1cccn2cc(COC(=O)c3ccc4nc(Cl)ccc4c3)nc12. The Hall–Kier alpha value is -2.92. The molecule has 0 saturated carbocycles. The molecular formula is C19H14ClN3O2. The van der Waals surface area contributed by atoms with Crippen LogP contribution in [0.2, 0.25) is 5.15 Å². The number of carbonyl (C=O) groups excluding carboxylic acids is 1. The number of nitrogens with zero attached hydrogens (tertiary/aromatic N) is 3. The molecule has 0 amide bonds. The van der Waals surface area contributed by atoms with Crippen molar-refractivity contribution in [2.24, 2.45) is 0 Å². The van der Waals surface area contributed by atoms with Crippen LogP contribution in [0.25, 0.3) is 16.6 Å². The molecule has 0 spiro atoms. The molecule has 5 nitrogen and oxygen atoms in total. The van der Waals surface area contributed by atoms with Crippen molar-refractivity contribution in [1.82, 2.24) is 14.4 Å². The summed E-state index contributed by atoms with van der Waals surface area (Å²) in [5.41, 5.74) is 3.84. The molecule has 6 heteroatoms. The van der Waals surface area contributed by atoms with Gasteiger partial charge in [-0.15, -0.1) is 0 Å². The highest BCUT2D eigenvalue weighted by Crippen LogP contribution is 2.18. The van der Waals surface area contributed by atoms with Gasteiger partial charge in [-0.1, -0.05) is 17.7 Å². The van der Waals surface area contributed by atoms with Crippen molar-refractivity contribution in [2.45, 2.75) is 13.5 Å². The minimum Gasteiger partial charge on any atom is -0.456 e. The predicted octanol–water partition coefficient (Wildman–Crippen LogP) is 4.20. The first-order valence-corrected chi connectivity index (χ1v) is 8.14. The van der Waals surface area contributed by atoms with E-state index in [0.717, 1.165) is 22.1 Å². The summed E-state index contributed by atoms with van der Waals surface area (Å²) in [5.74, 6) is -0.398. The Balaban J connectivity index is 1.53. The van der Waals surface area contributed by atoms with Crippen LogP contribution in [0.4, 0.5) is 0 Å². The maximum Gasteiger partial charge on any atom is 0.338 e. The highest BCUT2D eigenvalue weighted by atomic mass is 35.5. The highest BCUT2D eigenvalue weighted by molar-refractivity contribution is 6.29. The Morgan fingerprint density at radius 1 is 1.20 bits per heavy atom. The topological polar surface area (TPSA) is 56.5 Å². The molecule has 0 atom stereocenters. The summed E-state index contributed by atoms with van der Waals surface area (Å²) in [6, 6.07) is 12.6. The molecule has 0 aliphatic carbocycles. The van der Waals surface area contributed by atoms with Crippen LogP contribution in [0.5, 0.6) is 0 Å². The van der Waals surface area contributed by atoms with E-state index in [1.54, 1.807) is 24.3 Å². The molecule has 4 rings (SSSR count). The molecule has 3 heterocycles. The van der Waals surface area contributed by atoms with Gasteiger partial charge in [-0.05, 0) is 48.9 Å². The number of rotatable bonds is 3. The minimum absolute atomic E-state index is 0.122. The van der Waals surface area contributed by atoms with Crippen LogP contribution in [0, 0.1) is 6.92 Å². The van der Waals surface area contributed by atoms with E-state index < -0.39 is 5.97 Å². The number of imidazole rings is 1. The van der Waals surface area contributed by atoms with Gasteiger partial charge in [-0.3, -0.25) is 0 Å². The zero-order valence-corrected chi connectivity index (χ0v) is 14.2. The van der Waals surface area contributed by atoms with Crippen molar-refractivity contribution >= 4 is 34.1 Å². The lowest BCUT2D eigenvalue weighted by Crippen LogP contribution is -2.05. The molecule has 25 heavy (non-hydrogen) atoms. The number of aromatic nitrogens is 3. The minimum atomic E-state index is -0.398. The van der Waals surface area contributed by atoms with Gasteiger partial charge in [0, 0.05) is 17.8 Å². The summed E-state index contributed by atoms with van der Waals surface area (Å²) >= 11 is 5.87. The molecular weight excluding hydrogens is 338 g/mol. The first-order valence-electron chi connectivity index (χ1n) is 7.77. The van der Waals surface area contributed by atoms with Crippen molar-refractivity contribution in [3.05, 3.63) is 76.8 Å². The van der Waals surface area contributed by atoms with Crippen LogP contribution in [0.1, 0.15) is 21.6 Å². The maximum atomic E-state index is 12.3. The van der Waals surface area contributed by atoms with Gasteiger partial charge < -0.3 is 9.14 Å². The third kappa shape index (κ3) is 3.06. The van der Waals surface area contributed by atoms with E-state index in [4.69, 9.17) is 16.3 Å². The van der Waals surface area contributed by atoms with Gasteiger partial charge >= 0.3 is 5.97 Å². The molecule has 0 N–H and O–H groups in total. The third-order valence-electron chi connectivity index (χ3n) is 3.97. The zero-order chi connectivity index (χ0) is 17.4. The maximum absolute atomic E-state index is 12.3. The average molecular weight is 352 g/mol. The summed E-state index contributed by atoms with van der Waals surface area (Å²) in [5, 5.41) is 1.26. The molecule has 0 aliphatic heterocycles. The molecule has 0 radical (unpaired) electrons. The number of hydrogen-bond donors (Lipinski definition) is 0. The van der Waals surface area contributed by atoms with E-state index in [0.29, 0.717) is 16.4 Å². The van der Waals surface area contributed by atoms with Crippen LogP contribution < -0.4 is 0 Å². The van der Waals surface area contributed by atoms with Crippen LogP contribution in [-0.4, -0.2) is 20.3 Å². The number of esters is 1. The Kier molecular flexibility index (Phi) is 3.86. The molecule has 0 unspecified atom stereocenters. The average Bonchev–Trinajstić information content (AvgIpc) is 3.04. The number of ether oxygens (including phenoxy) is 1. The van der Waals surface area contributed by atoms with Crippen molar-refractivity contribution in [3.63, 3.8) is 0 Å². The molecule has 0 bridgehead atoms. The lowest BCUT2D eigenvalue weighted by Gasteiger charge is -2.04. The number of benzene rings is 1. The van der Waals surface area contributed by atoms with Gasteiger partial charge in [0.05, 0.1) is 16.8 Å². The second kappa shape index (κ2) is 6.18. The summed E-state index contributed by atoms with van der Waals surface area (Å²) in [6.45, 7) is 2.12.